The molecule has 0 saturated carbocycles. The van der Waals surface area contributed by atoms with Crippen molar-refractivity contribution in [1.82, 2.24) is 0 Å². The number of nitriles is 1. The van der Waals surface area contributed by atoms with E-state index in [2.05, 4.69) is 5.32 Å². The zero-order chi connectivity index (χ0) is 13.1. The second-order valence-corrected chi connectivity index (χ2v) is 4.45. The van der Waals surface area contributed by atoms with Crippen LogP contribution in [-0.4, -0.2) is 5.78 Å². The molecule has 0 aliphatic heterocycles. The van der Waals surface area contributed by atoms with Gasteiger partial charge in [0.25, 0.3) is 0 Å². The Hall–Kier alpha value is -1.86. The predicted molar refractivity (Wildman–Crippen MR) is 66.7 cm³/mol. The molecule has 0 radical (unpaired) electrons. The smallest absolute Gasteiger partial charge is 0.157 e. The van der Waals surface area contributed by atoms with Gasteiger partial charge in [-0.1, -0.05) is 11.6 Å². The highest BCUT2D eigenvalue weighted by molar-refractivity contribution is 6.32. The fourth-order valence-corrected chi connectivity index (χ4v) is 2.08. The summed E-state index contributed by atoms with van der Waals surface area (Å²) in [5.74, 6) is -0.612. The fraction of sp³-hybridized carbons (Fsp3) is 0.231. The van der Waals surface area contributed by atoms with E-state index in [0.717, 1.165) is 18.5 Å². The van der Waals surface area contributed by atoms with Crippen LogP contribution in [0.3, 0.4) is 0 Å². The molecule has 1 aromatic rings. The molecular weight excluding hydrogens is 255 g/mol. The number of anilines is 1. The van der Waals surface area contributed by atoms with Crippen LogP contribution in [0.15, 0.2) is 23.9 Å². The van der Waals surface area contributed by atoms with Crippen molar-refractivity contribution in [2.24, 2.45) is 0 Å². The van der Waals surface area contributed by atoms with E-state index in [-0.39, 0.29) is 16.4 Å². The first-order valence-corrected chi connectivity index (χ1v) is 5.87. The molecule has 0 saturated heterocycles. The molecule has 1 aromatic carbocycles. The summed E-state index contributed by atoms with van der Waals surface area (Å²) in [6, 6.07) is 4.37. The Morgan fingerprint density at radius 1 is 1.39 bits per heavy atom. The van der Waals surface area contributed by atoms with E-state index >= 15 is 0 Å². The molecule has 5 heteroatoms. The number of rotatable bonds is 2. The molecule has 0 amide bonds. The van der Waals surface area contributed by atoms with E-state index < -0.39 is 5.82 Å². The van der Waals surface area contributed by atoms with Crippen LogP contribution < -0.4 is 5.32 Å². The van der Waals surface area contributed by atoms with Gasteiger partial charge in [0.05, 0.1) is 5.02 Å². The second-order valence-electron chi connectivity index (χ2n) is 4.04. The molecule has 2 rings (SSSR count). The lowest BCUT2D eigenvalue weighted by Crippen LogP contribution is -2.09. The van der Waals surface area contributed by atoms with Crippen molar-refractivity contribution in [3.05, 3.63) is 40.3 Å². The summed E-state index contributed by atoms with van der Waals surface area (Å²) in [6.07, 6.45) is 3.59. The summed E-state index contributed by atoms with van der Waals surface area (Å²) in [4.78, 5) is 11.2. The van der Waals surface area contributed by atoms with Gasteiger partial charge in [0, 0.05) is 23.9 Å². The van der Waals surface area contributed by atoms with E-state index in [9.17, 15) is 9.18 Å². The zero-order valence-electron chi connectivity index (χ0n) is 9.46. The van der Waals surface area contributed by atoms with Crippen LogP contribution in [0.25, 0.3) is 0 Å². The van der Waals surface area contributed by atoms with E-state index in [1.165, 1.54) is 18.2 Å². The Balaban J connectivity index is 2.26. The maximum absolute atomic E-state index is 13.5. The third kappa shape index (κ3) is 2.69. The summed E-state index contributed by atoms with van der Waals surface area (Å²) in [6.45, 7) is 0. The maximum Gasteiger partial charge on any atom is 0.157 e. The molecule has 0 fully saturated rings. The molecule has 1 N–H and O–H groups in total. The van der Waals surface area contributed by atoms with E-state index in [1.54, 1.807) is 6.07 Å². The Bertz CT molecular complexity index is 552. The van der Waals surface area contributed by atoms with Gasteiger partial charge in [0.15, 0.2) is 5.78 Å². The molecule has 0 bridgehead atoms. The van der Waals surface area contributed by atoms with Gasteiger partial charge < -0.3 is 5.32 Å². The molecule has 0 heterocycles. The summed E-state index contributed by atoms with van der Waals surface area (Å²) in [5, 5.41) is 11.7. The lowest BCUT2D eigenvalue weighted by molar-refractivity contribution is -0.115. The molecule has 92 valence electrons. The number of hydrogen-bond acceptors (Lipinski definition) is 3. The largest absolute Gasteiger partial charge is 0.359 e. The van der Waals surface area contributed by atoms with Crippen LogP contribution >= 0.6 is 11.6 Å². The van der Waals surface area contributed by atoms with Gasteiger partial charge in [-0.2, -0.15) is 5.26 Å². The number of benzene rings is 1. The number of carbonyl (C=O) groups is 1. The quantitative estimate of drug-likeness (QED) is 0.891. The first-order valence-electron chi connectivity index (χ1n) is 5.49. The van der Waals surface area contributed by atoms with Crippen molar-refractivity contribution >= 4 is 23.1 Å². The first kappa shape index (κ1) is 12.6. The lowest BCUT2D eigenvalue weighted by atomic mass is 10.0. The average molecular weight is 265 g/mol. The summed E-state index contributed by atoms with van der Waals surface area (Å²) in [5.41, 5.74) is 1.01. The standard InChI is InChI=1S/C13H10ClFN2O/c14-12-5-9(6-13(15)11(12)7-16)17-8-2-1-3-10(18)4-8/h4-6,17H,1-3H2. The van der Waals surface area contributed by atoms with E-state index in [1.807, 2.05) is 0 Å². The Morgan fingerprint density at radius 3 is 2.78 bits per heavy atom. The van der Waals surface area contributed by atoms with Gasteiger partial charge in [0.1, 0.15) is 17.4 Å². The van der Waals surface area contributed by atoms with Crippen molar-refractivity contribution in [2.75, 3.05) is 5.32 Å². The van der Waals surface area contributed by atoms with Crippen LogP contribution in [0.2, 0.25) is 5.02 Å². The van der Waals surface area contributed by atoms with E-state index in [0.29, 0.717) is 12.1 Å². The van der Waals surface area contributed by atoms with Crippen molar-refractivity contribution in [2.45, 2.75) is 19.3 Å². The Kier molecular flexibility index (Phi) is 3.63. The Morgan fingerprint density at radius 2 is 2.17 bits per heavy atom. The lowest BCUT2D eigenvalue weighted by Gasteiger charge is -2.15. The summed E-state index contributed by atoms with van der Waals surface area (Å²) < 4.78 is 13.5. The van der Waals surface area contributed by atoms with Crippen molar-refractivity contribution in [3.8, 4) is 6.07 Å². The molecule has 1 aliphatic carbocycles. The number of nitrogens with one attached hydrogen (secondary N) is 1. The number of allylic oxidation sites excluding steroid dienone is 2. The highest BCUT2D eigenvalue weighted by atomic mass is 35.5. The van der Waals surface area contributed by atoms with Crippen LogP contribution in [0.4, 0.5) is 10.1 Å². The predicted octanol–water partition coefficient (Wildman–Crippen LogP) is 3.40. The normalized spacial score (nSPS) is 14.9. The van der Waals surface area contributed by atoms with Crippen LogP contribution in [0.5, 0.6) is 0 Å². The summed E-state index contributed by atoms with van der Waals surface area (Å²) in [7, 11) is 0. The number of nitrogens with zero attached hydrogens (tertiary/aromatic N) is 1. The van der Waals surface area contributed by atoms with Crippen molar-refractivity contribution in [1.29, 1.82) is 5.26 Å². The highest BCUT2D eigenvalue weighted by Gasteiger charge is 2.13. The molecule has 0 atom stereocenters. The summed E-state index contributed by atoms with van der Waals surface area (Å²) >= 11 is 5.79. The van der Waals surface area contributed by atoms with Gasteiger partial charge in [-0.25, -0.2) is 4.39 Å². The van der Waals surface area contributed by atoms with Gasteiger partial charge >= 0.3 is 0 Å². The third-order valence-electron chi connectivity index (χ3n) is 2.66. The van der Waals surface area contributed by atoms with E-state index in [4.69, 9.17) is 16.9 Å². The van der Waals surface area contributed by atoms with Gasteiger partial charge in [0.2, 0.25) is 0 Å². The molecule has 0 unspecified atom stereocenters. The van der Waals surface area contributed by atoms with Gasteiger partial charge in [-0.05, 0) is 25.0 Å². The minimum absolute atomic E-state index is 0.0581. The molecule has 0 aromatic heterocycles. The number of ketones is 1. The molecule has 18 heavy (non-hydrogen) atoms. The highest BCUT2D eigenvalue weighted by Crippen LogP contribution is 2.26. The second kappa shape index (κ2) is 5.19. The molecule has 0 spiro atoms. The monoisotopic (exact) mass is 264 g/mol. The van der Waals surface area contributed by atoms with Crippen molar-refractivity contribution < 1.29 is 9.18 Å². The van der Waals surface area contributed by atoms with Crippen LogP contribution in [0.1, 0.15) is 24.8 Å². The first-order chi connectivity index (χ1) is 8.60. The molecule has 1 aliphatic rings. The molecular formula is C13H10ClFN2O. The van der Waals surface area contributed by atoms with Crippen LogP contribution in [-0.2, 0) is 4.79 Å². The van der Waals surface area contributed by atoms with Crippen LogP contribution in [0, 0.1) is 17.1 Å². The van der Waals surface area contributed by atoms with Gasteiger partial charge in [-0.3, -0.25) is 4.79 Å². The van der Waals surface area contributed by atoms with Gasteiger partial charge in [-0.15, -0.1) is 0 Å². The SMILES string of the molecule is N#Cc1c(F)cc(NC2=CC(=O)CCC2)cc1Cl. The Labute approximate surface area is 109 Å². The minimum Gasteiger partial charge on any atom is -0.359 e. The number of hydrogen-bond donors (Lipinski definition) is 1. The third-order valence-corrected chi connectivity index (χ3v) is 2.96. The number of carbonyl (C=O) groups excluding carboxylic acids is 1. The topological polar surface area (TPSA) is 52.9 Å². The molecule has 3 nitrogen and oxygen atoms in total. The number of halogens is 2. The maximum atomic E-state index is 13.5. The van der Waals surface area contributed by atoms with Crippen molar-refractivity contribution in [3.63, 3.8) is 0 Å². The fourth-order valence-electron chi connectivity index (χ4n) is 1.83. The average Bonchev–Trinajstić information content (AvgIpc) is 2.28. The zero-order valence-corrected chi connectivity index (χ0v) is 10.2. The minimum atomic E-state index is -0.671.